The van der Waals surface area contributed by atoms with Crippen LogP contribution in [-0.2, 0) is 5.60 Å². The molecule has 1 heterocycles. The Morgan fingerprint density at radius 3 is 2.64 bits per heavy atom. The van der Waals surface area contributed by atoms with E-state index in [-0.39, 0.29) is 29.1 Å². The molecule has 0 fully saturated rings. The van der Waals surface area contributed by atoms with E-state index in [0.29, 0.717) is 11.3 Å². The van der Waals surface area contributed by atoms with Gasteiger partial charge in [0.05, 0.1) is 10.6 Å². The van der Waals surface area contributed by atoms with Gasteiger partial charge in [-0.3, -0.25) is 0 Å². The molecule has 0 spiro atoms. The van der Waals surface area contributed by atoms with Crippen LogP contribution in [0.5, 0.6) is 11.8 Å². The topological polar surface area (TPSA) is 113 Å². The zero-order valence-electron chi connectivity index (χ0n) is 15.0. The first-order valence-electron chi connectivity index (χ1n) is 7.94. The fraction of sp³-hybridized carbons (Fsp3) is 0.294. The van der Waals surface area contributed by atoms with Gasteiger partial charge >= 0.3 is 12.6 Å². The normalized spacial score (nSPS) is 12.0. The zero-order valence-corrected chi connectivity index (χ0v) is 15.7. The molecule has 0 amide bonds. The lowest BCUT2D eigenvalue weighted by Crippen LogP contribution is -2.16. The highest BCUT2D eigenvalue weighted by Gasteiger charge is 2.17. The van der Waals surface area contributed by atoms with Gasteiger partial charge in [0.1, 0.15) is 18.1 Å². The van der Waals surface area contributed by atoms with Crippen LogP contribution in [0.4, 0.5) is 14.5 Å². The van der Waals surface area contributed by atoms with Gasteiger partial charge in [-0.05, 0) is 26.0 Å². The molecular weight excluding hydrogens is 396 g/mol. The number of anilines is 1. The third kappa shape index (κ3) is 6.39. The summed E-state index contributed by atoms with van der Waals surface area (Å²) in [4.78, 5) is 7.94. The zero-order chi connectivity index (χ0) is 20.7. The van der Waals surface area contributed by atoms with E-state index >= 15 is 0 Å². The van der Waals surface area contributed by atoms with Gasteiger partial charge in [-0.15, -0.1) is 0 Å². The minimum atomic E-state index is -3.00. The minimum absolute atomic E-state index is 0.0372. The average Bonchev–Trinajstić information content (AvgIpc) is 2.63. The van der Waals surface area contributed by atoms with E-state index in [1.54, 1.807) is 13.8 Å². The maximum atomic E-state index is 12.4. The largest absolute Gasteiger partial charge is 0.457 e. The summed E-state index contributed by atoms with van der Waals surface area (Å²) in [5.41, 5.74) is 7.22. The monoisotopic (exact) mass is 413 g/mol. The van der Waals surface area contributed by atoms with Crippen LogP contribution in [0, 0.1) is 5.53 Å². The van der Waals surface area contributed by atoms with Crippen molar-refractivity contribution in [3.8, 4) is 11.8 Å². The van der Waals surface area contributed by atoms with Gasteiger partial charge in [0.2, 0.25) is 0 Å². The van der Waals surface area contributed by atoms with E-state index < -0.39 is 12.2 Å². The molecule has 0 atom stereocenters. The van der Waals surface area contributed by atoms with Gasteiger partial charge in [0.15, 0.2) is 0 Å². The van der Waals surface area contributed by atoms with Crippen LogP contribution in [0.3, 0.4) is 0 Å². The molecule has 0 radical (unpaired) electrons. The number of ether oxygens (including phenoxy) is 2. The Hall–Kier alpha value is -2.85. The third-order valence-corrected chi connectivity index (χ3v) is 3.69. The van der Waals surface area contributed by atoms with E-state index in [0.717, 1.165) is 0 Å². The second kappa shape index (κ2) is 9.38. The van der Waals surface area contributed by atoms with Crippen LogP contribution in [-0.4, -0.2) is 28.3 Å². The number of benzene rings is 1. The maximum absolute atomic E-state index is 12.4. The Balaban J connectivity index is 2.00. The third-order valence-electron chi connectivity index (χ3n) is 3.38. The van der Waals surface area contributed by atoms with Crippen molar-refractivity contribution in [1.82, 2.24) is 9.97 Å². The Morgan fingerprint density at radius 2 is 2.07 bits per heavy atom. The quantitative estimate of drug-likeness (QED) is 0.527. The molecular formula is C17H18ClF2N5O3. The van der Waals surface area contributed by atoms with E-state index in [4.69, 9.17) is 21.9 Å². The van der Waals surface area contributed by atoms with Gasteiger partial charge in [-0.2, -0.15) is 13.9 Å². The van der Waals surface area contributed by atoms with Crippen molar-refractivity contribution in [3.63, 3.8) is 0 Å². The molecule has 8 nitrogen and oxygen atoms in total. The summed E-state index contributed by atoms with van der Waals surface area (Å²) in [5.74, 6) is -0.184. The Bertz CT molecular complexity index is 842. The molecule has 1 aromatic heterocycles. The van der Waals surface area contributed by atoms with Gasteiger partial charge in [-0.25, -0.2) is 15.5 Å². The number of halogens is 3. The molecule has 0 saturated carbocycles. The molecule has 0 aliphatic heterocycles. The second-order valence-electron chi connectivity index (χ2n) is 6.02. The first-order valence-corrected chi connectivity index (χ1v) is 8.32. The van der Waals surface area contributed by atoms with Crippen molar-refractivity contribution in [2.45, 2.75) is 26.1 Å². The van der Waals surface area contributed by atoms with E-state index in [1.807, 2.05) is 0 Å². The lowest BCUT2D eigenvalue weighted by Gasteiger charge is -2.16. The Kier molecular flexibility index (Phi) is 7.18. The fourth-order valence-electron chi connectivity index (χ4n) is 1.90. The van der Waals surface area contributed by atoms with Crippen LogP contribution < -0.4 is 14.8 Å². The summed E-state index contributed by atoms with van der Waals surface area (Å²) in [7, 11) is 0. The predicted molar refractivity (Wildman–Crippen MR) is 97.7 cm³/mol. The van der Waals surface area contributed by atoms with Crippen molar-refractivity contribution in [1.29, 1.82) is 5.53 Å². The molecule has 0 unspecified atom stereocenters. The molecule has 2 aromatic rings. The standard InChI is InChI=1S/C17H18ClF2N5O3/c1-17(2,26)10-6-23-16(24-7-10)27-9-12(25-21)8-22-11-3-4-13(18)14(5-11)28-15(19)20/h3-8,15,21-22,26H,9H2,1-2H3/b12-8-,25-21?. The van der Waals surface area contributed by atoms with E-state index in [1.165, 1.54) is 36.8 Å². The van der Waals surface area contributed by atoms with E-state index in [2.05, 4.69) is 25.1 Å². The lowest BCUT2D eigenvalue weighted by atomic mass is 10.0. The summed E-state index contributed by atoms with van der Waals surface area (Å²) >= 11 is 5.79. The molecule has 28 heavy (non-hydrogen) atoms. The maximum Gasteiger partial charge on any atom is 0.387 e. The highest BCUT2D eigenvalue weighted by molar-refractivity contribution is 6.32. The number of hydrogen-bond donors (Lipinski definition) is 3. The molecule has 0 saturated heterocycles. The summed E-state index contributed by atoms with van der Waals surface area (Å²) < 4.78 is 34.4. The second-order valence-corrected chi connectivity index (χ2v) is 6.42. The van der Waals surface area contributed by atoms with Crippen LogP contribution >= 0.6 is 11.6 Å². The van der Waals surface area contributed by atoms with E-state index in [9.17, 15) is 13.9 Å². The first-order chi connectivity index (χ1) is 13.2. The predicted octanol–water partition coefficient (Wildman–Crippen LogP) is 4.32. The van der Waals surface area contributed by atoms with Crippen molar-refractivity contribution >= 4 is 17.3 Å². The Morgan fingerprint density at radius 1 is 1.39 bits per heavy atom. The number of nitrogens with one attached hydrogen (secondary N) is 2. The molecule has 0 bridgehead atoms. The molecule has 2 rings (SSSR count). The highest BCUT2D eigenvalue weighted by atomic mass is 35.5. The molecule has 11 heteroatoms. The van der Waals surface area contributed by atoms with Crippen molar-refractivity contribution in [3.05, 3.63) is 53.1 Å². The highest BCUT2D eigenvalue weighted by Crippen LogP contribution is 2.29. The molecule has 1 aromatic carbocycles. The number of rotatable bonds is 9. The molecule has 0 aliphatic rings. The number of aliphatic hydroxyl groups is 1. The minimum Gasteiger partial charge on any atom is -0.457 e. The number of aromatic nitrogens is 2. The number of nitrogens with zero attached hydrogens (tertiary/aromatic N) is 3. The summed E-state index contributed by atoms with van der Waals surface area (Å²) in [6.07, 6.45) is 4.22. The average molecular weight is 414 g/mol. The van der Waals surface area contributed by atoms with Crippen molar-refractivity contribution < 1.29 is 23.4 Å². The molecule has 150 valence electrons. The summed E-state index contributed by atoms with van der Waals surface area (Å²) in [5, 5.41) is 16.0. The lowest BCUT2D eigenvalue weighted by molar-refractivity contribution is -0.0497. The SMILES string of the molecule is CC(C)(O)c1cnc(OC/C(=C/Nc2ccc(Cl)c(OC(F)F)c2)N=N)nc1. The number of hydrogen-bond acceptors (Lipinski definition) is 8. The van der Waals surface area contributed by atoms with Crippen molar-refractivity contribution in [2.24, 2.45) is 5.11 Å². The van der Waals surface area contributed by atoms with Gasteiger partial charge in [-0.1, -0.05) is 11.6 Å². The Labute approximate surface area is 164 Å². The van der Waals surface area contributed by atoms with Gasteiger partial charge in [0, 0.05) is 35.9 Å². The first kappa shape index (κ1) is 21.5. The van der Waals surface area contributed by atoms with Gasteiger partial charge in [0.25, 0.3) is 0 Å². The fourth-order valence-corrected chi connectivity index (χ4v) is 2.06. The summed E-state index contributed by atoms with van der Waals surface area (Å²) in [6, 6.07) is 4.26. The molecule has 0 aliphatic carbocycles. The van der Waals surface area contributed by atoms with Crippen LogP contribution in [0.25, 0.3) is 0 Å². The van der Waals surface area contributed by atoms with Crippen LogP contribution in [0.2, 0.25) is 5.02 Å². The smallest absolute Gasteiger partial charge is 0.387 e. The van der Waals surface area contributed by atoms with Gasteiger partial charge < -0.3 is 19.9 Å². The summed E-state index contributed by atoms with van der Waals surface area (Å²) in [6.45, 7) is 0.0865. The van der Waals surface area contributed by atoms with Crippen LogP contribution in [0.15, 0.2) is 47.6 Å². The molecule has 3 N–H and O–H groups in total. The van der Waals surface area contributed by atoms with Crippen molar-refractivity contribution in [2.75, 3.05) is 11.9 Å². The van der Waals surface area contributed by atoms with Crippen LogP contribution in [0.1, 0.15) is 19.4 Å². The number of alkyl halides is 2.